The van der Waals surface area contributed by atoms with Gasteiger partial charge in [0.15, 0.2) is 5.69 Å². The molecule has 1 aromatic heterocycles. The Hall–Kier alpha value is -2.97. The Labute approximate surface area is 208 Å². The van der Waals surface area contributed by atoms with Crippen molar-refractivity contribution >= 4 is 27.7 Å². The fourth-order valence-corrected chi connectivity index (χ4v) is 4.91. The molecule has 3 aromatic rings. The van der Waals surface area contributed by atoms with Crippen LogP contribution in [0.2, 0.25) is 0 Å². The molecule has 0 unspecified atom stereocenters. The SMILES string of the molecule is CCN(CC)C(=O)c1nn(-c2ccccc2C(=O)N2Cc3ccccc3C[C@H]2CO)c(C)c1Br. The normalized spacial score (nSPS) is 15.2. The highest BCUT2D eigenvalue weighted by molar-refractivity contribution is 9.10. The summed E-state index contributed by atoms with van der Waals surface area (Å²) in [5.41, 5.74) is 4.37. The topological polar surface area (TPSA) is 78.7 Å². The quantitative estimate of drug-likeness (QED) is 0.528. The maximum Gasteiger partial charge on any atom is 0.275 e. The minimum absolute atomic E-state index is 0.114. The lowest BCUT2D eigenvalue weighted by Gasteiger charge is -2.36. The predicted octanol–water partition coefficient (Wildman–Crippen LogP) is 3.98. The molecule has 2 heterocycles. The molecule has 0 bridgehead atoms. The third-order valence-electron chi connectivity index (χ3n) is 6.49. The molecule has 1 atom stereocenters. The van der Waals surface area contributed by atoms with Crippen molar-refractivity contribution in [2.24, 2.45) is 0 Å². The summed E-state index contributed by atoms with van der Waals surface area (Å²) in [7, 11) is 0. The molecule has 1 aliphatic rings. The van der Waals surface area contributed by atoms with Crippen LogP contribution in [0.4, 0.5) is 0 Å². The summed E-state index contributed by atoms with van der Waals surface area (Å²) >= 11 is 3.54. The van der Waals surface area contributed by atoms with E-state index in [2.05, 4.69) is 21.0 Å². The van der Waals surface area contributed by atoms with Crippen molar-refractivity contribution in [3.63, 3.8) is 0 Å². The Morgan fingerprint density at radius 1 is 1.09 bits per heavy atom. The average molecular weight is 525 g/mol. The van der Waals surface area contributed by atoms with E-state index in [1.807, 2.05) is 63.2 Å². The third kappa shape index (κ3) is 4.28. The number of rotatable bonds is 6. The molecule has 2 aromatic carbocycles. The number of aromatic nitrogens is 2. The Bertz CT molecular complexity index is 1220. The fraction of sp³-hybridized carbons (Fsp3) is 0.346. The van der Waals surface area contributed by atoms with E-state index in [1.165, 1.54) is 0 Å². The van der Waals surface area contributed by atoms with Gasteiger partial charge in [0.25, 0.3) is 11.8 Å². The number of benzene rings is 2. The summed E-state index contributed by atoms with van der Waals surface area (Å²) in [4.78, 5) is 30.3. The Balaban J connectivity index is 1.74. The van der Waals surface area contributed by atoms with E-state index in [0.29, 0.717) is 47.5 Å². The minimum atomic E-state index is -0.305. The lowest BCUT2D eigenvalue weighted by Crippen LogP contribution is -2.46. The highest BCUT2D eigenvalue weighted by Crippen LogP contribution is 2.29. The minimum Gasteiger partial charge on any atom is -0.394 e. The van der Waals surface area contributed by atoms with E-state index in [0.717, 1.165) is 16.8 Å². The van der Waals surface area contributed by atoms with E-state index < -0.39 is 0 Å². The molecule has 0 fully saturated rings. The predicted molar refractivity (Wildman–Crippen MR) is 134 cm³/mol. The molecule has 1 N–H and O–H groups in total. The van der Waals surface area contributed by atoms with Crippen molar-refractivity contribution in [3.8, 4) is 5.69 Å². The number of aliphatic hydroxyl groups is 1. The summed E-state index contributed by atoms with van der Waals surface area (Å²) in [5.74, 6) is -0.331. The van der Waals surface area contributed by atoms with E-state index in [-0.39, 0.29) is 24.5 Å². The maximum atomic E-state index is 13.8. The summed E-state index contributed by atoms with van der Waals surface area (Å²) in [5, 5.41) is 14.7. The Kier molecular flexibility index (Phi) is 7.19. The Morgan fingerprint density at radius 3 is 2.41 bits per heavy atom. The van der Waals surface area contributed by atoms with Crippen LogP contribution >= 0.6 is 15.9 Å². The molecule has 8 heteroatoms. The van der Waals surface area contributed by atoms with E-state index in [9.17, 15) is 14.7 Å². The zero-order valence-corrected chi connectivity index (χ0v) is 21.2. The van der Waals surface area contributed by atoms with Crippen LogP contribution in [0.3, 0.4) is 0 Å². The molecule has 4 rings (SSSR count). The van der Waals surface area contributed by atoms with Crippen molar-refractivity contribution in [3.05, 3.63) is 81.1 Å². The number of para-hydroxylation sites is 1. The van der Waals surface area contributed by atoms with Crippen LogP contribution in [-0.2, 0) is 13.0 Å². The number of hydrogen-bond acceptors (Lipinski definition) is 4. The van der Waals surface area contributed by atoms with Crippen molar-refractivity contribution in [1.82, 2.24) is 19.6 Å². The number of fused-ring (bicyclic) bond motifs is 1. The van der Waals surface area contributed by atoms with Gasteiger partial charge in [-0.25, -0.2) is 4.68 Å². The van der Waals surface area contributed by atoms with Crippen LogP contribution in [0.1, 0.15) is 51.5 Å². The number of halogens is 1. The van der Waals surface area contributed by atoms with E-state index in [4.69, 9.17) is 0 Å². The summed E-state index contributed by atoms with van der Waals surface area (Å²) in [6.07, 6.45) is 0.607. The first-order valence-corrected chi connectivity index (χ1v) is 12.3. The van der Waals surface area contributed by atoms with Crippen LogP contribution in [-0.4, -0.2) is 62.2 Å². The molecule has 0 radical (unpaired) electrons. The van der Waals surface area contributed by atoms with E-state index >= 15 is 0 Å². The molecule has 2 amide bonds. The number of amides is 2. The van der Waals surface area contributed by atoms with Gasteiger partial charge >= 0.3 is 0 Å². The van der Waals surface area contributed by atoms with Crippen molar-refractivity contribution in [2.45, 2.75) is 39.8 Å². The third-order valence-corrected chi connectivity index (χ3v) is 7.44. The smallest absolute Gasteiger partial charge is 0.275 e. The molecule has 178 valence electrons. The molecular weight excluding hydrogens is 496 g/mol. The Morgan fingerprint density at radius 2 is 1.74 bits per heavy atom. The van der Waals surface area contributed by atoms with Gasteiger partial charge in [-0.15, -0.1) is 0 Å². The fourth-order valence-electron chi connectivity index (χ4n) is 4.50. The zero-order valence-electron chi connectivity index (χ0n) is 19.7. The van der Waals surface area contributed by atoms with Crippen LogP contribution < -0.4 is 0 Å². The van der Waals surface area contributed by atoms with Gasteiger partial charge in [-0.1, -0.05) is 36.4 Å². The number of hydrogen-bond donors (Lipinski definition) is 1. The second kappa shape index (κ2) is 10.1. The largest absolute Gasteiger partial charge is 0.394 e. The van der Waals surface area contributed by atoms with Crippen LogP contribution in [0.5, 0.6) is 0 Å². The zero-order chi connectivity index (χ0) is 24.4. The van der Waals surface area contributed by atoms with Crippen molar-refractivity contribution in [1.29, 1.82) is 0 Å². The summed E-state index contributed by atoms with van der Waals surface area (Å²) in [6.45, 7) is 7.22. The first kappa shape index (κ1) is 24.2. The van der Waals surface area contributed by atoms with Gasteiger partial charge in [-0.3, -0.25) is 9.59 Å². The van der Waals surface area contributed by atoms with Gasteiger partial charge in [0.2, 0.25) is 0 Å². The maximum absolute atomic E-state index is 13.8. The monoisotopic (exact) mass is 524 g/mol. The number of aliphatic hydroxyl groups excluding tert-OH is 1. The van der Waals surface area contributed by atoms with Crippen molar-refractivity contribution < 1.29 is 14.7 Å². The standard InChI is InChI=1S/C26H29BrN4O3/c1-4-29(5-2)26(34)24-23(27)17(3)31(28-24)22-13-9-8-12-21(22)25(33)30-15-19-11-7-6-10-18(19)14-20(30)16-32/h6-13,20,32H,4-5,14-16H2,1-3H3/t20-/m0/s1. The van der Waals surface area contributed by atoms with Gasteiger partial charge in [-0.05, 0) is 66.4 Å². The number of carbonyl (C=O) groups excluding carboxylic acids is 2. The molecule has 0 saturated carbocycles. The lowest BCUT2D eigenvalue weighted by atomic mass is 9.93. The van der Waals surface area contributed by atoms with Crippen molar-refractivity contribution in [2.75, 3.05) is 19.7 Å². The number of carbonyl (C=O) groups is 2. The second-order valence-corrected chi connectivity index (χ2v) is 9.19. The van der Waals surface area contributed by atoms with Crippen LogP contribution in [0, 0.1) is 6.92 Å². The molecular formula is C26H29BrN4O3. The molecule has 7 nitrogen and oxygen atoms in total. The van der Waals surface area contributed by atoms with Gasteiger partial charge in [-0.2, -0.15) is 5.10 Å². The van der Waals surface area contributed by atoms with Gasteiger partial charge in [0.1, 0.15) is 0 Å². The summed E-state index contributed by atoms with van der Waals surface area (Å²) < 4.78 is 2.27. The second-order valence-electron chi connectivity index (χ2n) is 8.40. The first-order chi connectivity index (χ1) is 16.4. The number of nitrogens with zero attached hydrogens (tertiary/aromatic N) is 4. The highest BCUT2D eigenvalue weighted by Gasteiger charge is 2.32. The molecule has 0 aliphatic carbocycles. The van der Waals surface area contributed by atoms with Gasteiger partial charge in [0, 0.05) is 19.6 Å². The molecule has 34 heavy (non-hydrogen) atoms. The van der Waals surface area contributed by atoms with Crippen LogP contribution in [0.25, 0.3) is 5.69 Å². The molecule has 1 aliphatic heterocycles. The highest BCUT2D eigenvalue weighted by atomic mass is 79.9. The van der Waals surface area contributed by atoms with E-state index in [1.54, 1.807) is 20.5 Å². The average Bonchev–Trinajstić information content (AvgIpc) is 3.17. The van der Waals surface area contributed by atoms with Gasteiger partial charge < -0.3 is 14.9 Å². The van der Waals surface area contributed by atoms with Gasteiger partial charge in [0.05, 0.1) is 34.1 Å². The molecule has 0 spiro atoms. The lowest BCUT2D eigenvalue weighted by molar-refractivity contribution is 0.0544. The molecule has 0 saturated heterocycles. The first-order valence-electron chi connectivity index (χ1n) is 11.5. The summed E-state index contributed by atoms with van der Waals surface area (Å²) in [6, 6.07) is 15.0. The van der Waals surface area contributed by atoms with Crippen LogP contribution in [0.15, 0.2) is 53.0 Å².